The number of carbonyl (C=O) groups excluding carboxylic acids is 2. The largest absolute Gasteiger partial charge is 0.388 e. The molecule has 0 radical (unpaired) electrons. The van der Waals surface area contributed by atoms with E-state index in [1.165, 1.54) is 6.92 Å². The summed E-state index contributed by atoms with van der Waals surface area (Å²) in [7, 11) is 0. The molecule has 1 rings (SSSR count). The Bertz CT molecular complexity index is 246. The Labute approximate surface area is 88.8 Å². The standard InChI is InChI=1S/C10H17NO4/c1-8(12)6-9(13)11-7-10(14)2-4-15-5-3-10/h14H,2-7H2,1H3,(H,11,13). The van der Waals surface area contributed by atoms with Crippen LogP contribution in [0, 0.1) is 0 Å². The van der Waals surface area contributed by atoms with Crippen LogP contribution in [0.3, 0.4) is 0 Å². The molecule has 5 heteroatoms. The quantitative estimate of drug-likeness (QED) is 0.627. The zero-order chi connectivity index (χ0) is 11.3. The first-order valence-corrected chi connectivity index (χ1v) is 5.08. The second-order valence-electron chi connectivity index (χ2n) is 3.99. The molecular formula is C10H17NO4. The SMILES string of the molecule is CC(=O)CC(=O)NCC1(O)CCOCC1. The summed E-state index contributed by atoms with van der Waals surface area (Å²) in [6, 6.07) is 0. The minimum atomic E-state index is -0.870. The van der Waals surface area contributed by atoms with Crippen LogP contribution in [-0.2, 0) is 14.3 Å². The molecule has 1 aliphatic heterocycles. The van der Waals surface area contributed by atoms with Gasteiger partial charge in [-0.15, -0.1) is 0 Å². The summed E-state index contributed by atoms with van der Waals surface area (Å²) in [6.07, 6.45) is 0.924. The number of ketones is 1. The number of rotatable bonds is 4. The molecule has 1 heterocycles. The molecular weight excluding hydrogens is 198 g/mol. The van der Waals surface area contributed by atoms with Crippen LogP contribution in [0.5, 0.6) is 0 Å². The first-order valence-electron chi connectivity index (χ1n) is 5.08. The predicted octanol–water partition coefficient (Wildman–Crippen LogP) is -0.377. The maximum atomic E-state index is 11.2. The van der Waals surface area contributed by atoms with E-state index < -0.39 is 5.60 Å². The Balaban J connectivity index is 2.28. The Hall–Kier alpha value is -0.940. The third-order valence-electron chi connectivity index (χ3n) is 2.45. The summed E-state index contributed by atoms with van der Waals surface area (Å²) in [4.78, 5) is 21.8. The van der Waals surface area contributed by atoms with E-state index in [0.29, 0.717) is 26.1 Å². The lowest BCUT2D eigenvalue weighted by Crippen LogP contribution is -2.46. The van der Waals surface area contributed by atoms with E-state index in [1.807, 2.05) is 0 Å². The molecule has 1 saturated heterocycles. The van der Waals surface area contributed by atoms with Gasteiger partial charge in [0.25, 0.3) is 0 Å². The van der Waals surface area contributed by atoms with Crippen molar-refractivity contribution in [3.63, 3.8) is 0 Å². The molecule has 0 aromatic heterocycles. The highest BCUT2D eigenvalue weighted by molar-refractivity contribution is 5.96. The summed E-state index contributed by atoms with van der Waals surface area (Å²) in [5, 5.41) is 12.5. The van der Waals surface area contributed by atoms with Gasteiger partial charge in [-0.1, -0.05) is 0 Å². The van der Waals surface area contributed by atoms with Crippen molar-refractivity contribution in [1.29, 1.82) is 0 Å². The predicted molar refractivity (Wildman–Crippen MR) is 53.3 cm³/mol. The minimum Gasteiger partial charge on any atom is -0.388 e. The molecule has 0 bridgehead atoms. The van der Waals surface area contributed by atoms with Crippen molar-refractivity contribution in [2.24, 2.45) is 0 Å². The molecule has 0 aromatic carbocycles. The van der Waals surface area contributed by atoms with Gasteiger partial charge in [-0.05, 0) is 6.92 Å². The summed E-state index contributed by atoms with van der Waals surface area (Å²) in [5.41, 5.74) is -0.870. The van der Waals surface area contributed by atoms with Crippen molar-refractivity contribution in [3.05, 3.63) is 0 Å². The van der Waals surface area contributed by atoms with Gasteiger partial charge in [0.2, 0.25) is 5.91 Å². The highest BCUT2D eigenvalue weighted by atomic mass is 16.5. The number of nitrogens with one attached hydrogen (secondary N) is 1. The van der Waals surface area contributed by atoms with Crippen molar-refractivity contribution < 1.29 is 19.4 Å². The zero-order valence-corrected chi connectivity index (χ0v) is 8.91. The first-order chi connectivity index (χ1) is 7.02. The normalized spacial score (nSPS) is 19.6. The zero-order valence-electron chi connectivity index (χ0n) is 8.91. The second kappa shape index (κ2) is 5.23. The highest BCUT2D eigenvalue weighted by Crippen LogP contribution is 2.19. The molecule has 1 amide bonds. The lowest BCUT2D eigenvalue weighted by atomic mass is 9.94. The van der Waals surface area contributed by atoms with Crippen LogP contribution in [0.1, 0.15) is 26.2 Å². The van der Waals surface area contributed by atoms with Crippen LogP contribution in [-0.4, -0.2) is 42.2 Å². The smallest absolute Gasteiger partial charge is 0.227 e. The van der Waals surface area contributed by atoms with Gasteiger partial charge in [0.1, 0.15) is 5.78 Å². The number of Topliss-reactive ketones (excluding diaryl/α,β-unsaturated/α-hetero) is 1. The molecule has 15 heavy (non-hydrogen) atoms. The van der Waals surface area contributed by atoms with Crippen LogP contribution < -0.4 is 5.32 Å². The Kier molecular flexibility index (Phi) is 4.23. The Morgan fingerprint density at radius 1 is 1.40 bits per heavy atom. The number of aliphatic hydroxyl groups is 1. The Morgan fingerprint density at radius 2 is 2.00 bits per heavy atom. The van der Waals surface area contributed by atoms with Crippen LogP contribution in [0.15, 0.2) is 0 Å². The van der Waals surface area contributed by atoms with E-state index in [9.17, 15) is 14.7 Å². The maximum absolute atomic E-state index is 11.2. The molecule has 0 atom stereocenters. The van der Waals surface area contributed by atoms with Crippen LogP contribution in [0.2, 0.25) is 0 Å². The van der Waals surface area contributed by atoms with Crippen molar-refractivity contribution in [2.75, 3.05) is 19.8 Å². The van der Waals surface area contributed by atoms with E-state index in [0.717, 1.165) is 0 Å². The molecule has 0 aliphatic carbocycles. The lowest BCUT2D eigenvalue weighted by Gasteiger charge is -2.31. The number of ether oxygens (including phenoxy) is 1. The van der Waals surface area contributed by atoms with Gasteiger partial charge in [-0.2, -0.15) is 0 Å². The minimum absolute atomic E-state index is 0.118. The first kappa shape index (κ1) is 12.1. The average molecular weight is 215 g/mol. The van der Waals surface area contributed by atoms with Crippen molar-refractivity contribution >= 4 is 11.7 Å². The molecule has 0 aromatic rings. The fraction of sp³-hybridized carbons (Fsp3) is 0.800. The summed E-state index contributed by atoms with van der Waals surface area (Å²) < 4.78 is 5.11. The topological polar surface area (TPSA) is 75.6 Å². The third kappa shape index (κ3) is 4.40. The molecule has 0 spiro atoms. The summed E-state index contributed by atoms with van der Waals surface area (Å²) in [5.74, 6) is -0.506. The lowest BCUT2D eigenvalue weighted by molar-refractivity contribution is -0.129. The van der Waals surface area contributed by atoms with E-state index in [4.69, 9.17) is 4.74 Å². The molecule has 86 valence electrons. The van der Waals surface area contributed by atoms with Crippen LogP contribution in [0.25, 0.3) is 0 Å². The van der Waals surface area contributed by atoms with Crippen molar-refractivity contribution in [3.8, 4) is 0 Å². The van der Waals surface area contributed by atoms with Gasteiger partial charge < -0.3 is 15.2 Å². The van der Waals surface area contributed by atoms with E-state index in [1.54, 1.807) is 0 Å². The van der Waals surface area contributed by atoms with E-state index in [2.05, 4.69) is 5.32 Å². The number of carbonyl (C=O) groups is 2. The van der Waals surface area contributed by atoms with Gasteiger partial charge in [0, 0.05) is 32.6 Å². The van der Waals surface area contributed by atoms with Gasteiger partial charge in [-0.3, -0.25) is 9.59 Å². The number of hydrogen-bond donors (Lipinski definition) is 2. The fourth-order valence-electron chi connectivity index (χ4n) is 1.48. The van der Waals surface area contributed by atoms with E-state index >= 15 is 0 Å². The second-order valence-corrected chi connectivity index (χ2v) is 3.99. The van der Waals surface area contributed by atoms with Gasteiger partial charge in [0.15, 0.2) is 0 Å². The van der Waals surface area contributed by atoms with Crippen LogP contribution in [0.4, 0.5) is 0 Å². The summed E-state index contributed by atoms with van der Waals surface area (Å²) >= 11 is 0. The molecule has 2 N–H and O–H groups in total. The Morgan fingerprint density at radius 3 is 2.53 bits per heavy atom. The van der Waals surface area contributed by atoms with E-state index in [-0.39, 0.29) is 24.7 Å². The number of hydrogen-bond acceptors (Lipinski definition) is 4. The third-order valence-corrected chi connectivity index (χ3v) is 2.45. The van der Waals surface area contributed by atoms with Gasteiger partial charge in [0.05, 0.1) is 12.0 Å². The maximum Gasteiger partial charge on any atom is 0.227 e. The monoisotopic (exact) mass is 215 g/mol. The molecule has 5 nitrogen and oxygen atoms in total. The van der Waals surface area contributed by atoms with Crippen molar-refractivity contribution in [1.82, 2.24) is 5.32 Å². The molecule has 0 unspecified atom stereocenters. The number of amides is 1. The van der Waals surface area contributed by atoms with Crippen molar-refractivity contribution in [2.45, 2.75) is 31.8 Å². The van der Waals surface area contributed by atoms with Crippen LogP contribution >= 0.6 is 0 Å². The average Bonchev–Trinajstić information content (AvgIpc) is 2.15. The molecule has 1 fully saturated rings. The molecule has 1 aliphatic rings. The molecule has 0 saturated carbocycles. The van der Waals surface area contributed by atoms with Gasteiger partial charge in [-0.25, -0.2) is 0 Å². The van der Waals surface area contributed by atoms with Gasteiger partial charge >= 0.3 is 0 Å². The summed E-state index contributed by atoms with van der Waals surface area (Å²) in [6.45, 7) is 2.59. The fourth-order valence-corrected chi connectivity index (χ4v) is 1.48. The highest BCUT2D eigenvalue weighted by Gasteiger charge is 2.30.